The van der Waals surface area contributed by atoms with Crippen molar-refractivity contribution in [1.29, 1.82) is 0 Å². The molecule has 4 heteroatoms. The van der Waals surface area contributed by atoms with E-state index in [1.165, 1.54) is 0 Å². The predicted molar refractivity (Wildman–Crippen MR) is 95.2 cm³/mol. The Morgan fingerprint density at radius 1 is 1.04 bits per heavy atom. The Hall–Kier alpha value is -2.33. The van der Waals surface area contributed by atoms with Gasteiger partial charge in [-0.2, -0.15) is 0 Å². The Morgan fingerprint density at radius 2 is 1.62 bits per heavy atom. The van der Waals surface area contributed by atoms with Crippen LogP contribution in [0, 0.1) is 5.92 Å². The molecule has 2 aromatic carbocycles. The fourth-order valence-corrected chi connectivity index (χ4v) is 3.10. The normalized spacial score (nSPS) is 16.7. The van der Waals surface area contributed by atoms with Gasteiger partial charge >= 0.3 is 0 Å². The molecule has 0 spiro atoms. The number of ether oxygens (including phenoxy) is 1. The lowest BCUT2D eigenvalue weighted by molar-refractivity contribution is 0.0681. The fourth-order valence-electron chi connectivity index (χ4n) is 3.10. The molecule has 1 aliphatic heterocycles. The molecule has 0 bridgehead atoms. The second-order valence-electron chi connectivity index (χ2n) is 6.43. The van der Waals surface area contributed by atoms with E-state index in [0.29, 0.717) is 11.5 Å². The molecule has 1 saturated heterocycles. The fraction of sp³-hybridized carbons (Fsp3) is 0.350. The quantitative estimate of drug-likeness (QED) is 0.933. The van der Waals surface area contributed by atoms with E-state index in [0.717, 1.165) is 37.4 Å². The van der Waals surface area contributed by atoms with Gasteiger partial charge in [0.15, 0.2) is 0 Å². The van der Waals surface area contributed by atoms with Gasteiger partial charge in [0.1, 0.15) is 11.5 Å². The van der Waals surface area contributed by atoms with Gasteiger partial charge < -0.3 is 15.4 Å². The van der Waals surface area contributed by atoms with E-state index in [1.807, 2.05) is 66.4 Å². The molecule has 24 heavy (non-hydrogen) atoms. The number of carbonyl (C=O) groups excluding carboxylic acids is 1. The van der Waals surface area contributed by atoms with Gasteiger partial charge in [0, 0.05) is 24.7 Å². The van der Waals surface area contributed by atoms with Gasteiger partial charge in [-0.3, -0.25) is 4.79 Å². The number of piperidine rings is 1. The molecule has 2 N–H and O–H groups in total. The summed E-state index contributed by atoms with van der Waals surface area (Å²) in [6, 6.07) is 17.2. The molecular weight excluding hydrogens is 300 g/mol. The zero-order valence-corrected chi connectivity index (χ0v) is 14.0. The molecule has 2 aromatic rings. The largest absolute Gasteiger partial charge is 0.457 e. The summed E-state index contributed by atoms with van der Waals surface area (Å²) in [5.74, 6) is 2.13. The number of para-hydroxylation sites is 1. The lowest BCUT2D eigenvalue weighted by atomic mass is 9.90. The van der Waals surface area contributed by atoms with Crippen LogP contribution in [0.25, 0.3) is 0 Å². The van der Waals surface area contributed by atoms with Crippen molar-refractivity contribution in [3.8, 4) is 11.5 Å². The van der Waals surface area contributed by atoms with Gasteiger partial charge in [-0.1, -0.05) is 18.2 Å². The van der Waals surface area contributed by atoms with Crippen LogP contribution in [-0.4, -0.2) is 29.9 Å². The third-order valence-electron chi connectivity index (χ3n) is 4.65. The van der Waals surface area contributed by atoms with Gasteiger partial charge in [-0.25, -0.2) is 0 Å². The van der Waals surface area contributed by atoms with E-state index >= 15 is 0 Å². The molecule has 1 unspecified atom stereocenters. The smallest absolute Gasteiger partial charge is 0.253 e. The number of hydrogen-bond donors (Lipinski definition) is 1. The first-order valence-corrected chi connectivity index (χ1v) is 8.51. The van der Waals surface area contributed by atoms with Crippen molar-refractivity contribution in [3.63, 3.8) is 0 Å². The summed E-state index contributed by atoms with van der Waals surface area (Å²) in [4.78, 5) is 14.5. The third kappa shape index (κ3) is 3.95. The molecule has 4 nitrogen and oxygen atoms in total. The highest BCUT2D eigenvalue weighted by molar-refractivity contribution is 5.94. The first kappa shape index (κ1) is 16.5. The molecule has 3 rings (SSSR count). The van der Waals surface area contributed by atoms with E-state index in [9.17, 15) is 4.79 Å². The van der Waals surface area contributed by atoms with Crippen LogP contribution >= 0.6 is 0 Å². The molecule has 0 radical (unpaired) electrons. The van der Waals surface area contributed by atoms with Crippen LogP contribution in [0.4, 0.5) is 0 Å². The average molecular weight is 324 g/mol. The van der Waals surface area contributed by atoms with E-state index < -0.39 is 0 Å². The van der Waals surface area contributed by atoms with Crippen LogP contribution in [-0.2, 0) is 0 Å². The van der Waals surface area contributed by atoms with E-state index in [2.05, 4.69) is 0 Å². The molecule has 1 atom stereocenters. The number of likely N-dealkylation sites (tertiary alicyclic amines) is 1. The molecule has 0 aromatic heterocycles. The zero-order chi connectivity index (χ0) is 16.9. The number of carbonyl (C=O) groups is 1. The Balaban J connectivity index is 1.60. The number of nitrogens with zero attached hydrogens (tertiary/aromatic N) is 1. The van der Waals surface area contributed by atoms with Crippen molar-refractivity contribution >= 4 is 5.91 Å². The predicted octanol–water partition coefficient (Wildman–Crippen LogP) is 3.68. The summed E-state index contributed by atoms with van der Waals surface area (Å²) in [5.41, 5.74) is 6.67. The molecular formula is C20H24N2O2. The molecule has 1 fully saturated rings. The first-order chi connectivity index (χ1) is 11.6. The lowest BCUT2D eigenvalue weighted by Gasteiger charge is -2.33. The Labute approximate surface area is 143 Å². The topological polar surface area (TPSA) is 55.6 Å². The number of nitrogens with two attached hydrogens (primary N) is 1. The summed E-state index contributed by atoms with van der Waals surface area (Å²) < 4.78 is 5.76. The van der Waals surface area contributed by atoms with Crippen LogP contribution in [0.3, 0.4) is 0 Å². The highest BCUT2D eigenvalue weighted by Gasteiger charge is 2.25. The van der Waals surface area contributed by atoms with Gasteiger partial charge in [0.2, 0.25) is 0 Å². The van der Waals surface area contributed by atoms with Crippen molar-refractivity contribution in [2.45, 2.75) is 25.8 Å². The minimum atomic E-state index is 0.0874. The Morgan fingerprint density at radius 3 is 2.21 bits per heavy atom. The minimum Gasteiger partial charge on any atom is -0.457 e. The second-order valence-corrected chi connectivity index (χ2v) is 6.43. The number of amides is 1. The lowest BCUT2D eigenvalue weighted by Crippen LogP contribution is -2.42. The minimum absolute atomic E-state index is 0.0874. The van der Waals surface area contributed by atoms with Crippen molar-refractivity contribution in [1.82, 2.24) is 4.90 Å². The first-order valence-electron chi connectivity index (χ1n) is 8.51. The van der Waals surface area contributed by atoms with Crippen molar-refractivity contribution in [2.75, 3.05) is 13.1 Å². The Kier molecular flexibility index (Phi) is 5.16. The van der Waals surface area contributed by atoms with Crippen molar-refractivity contribution in [3.05, 3.63) is 60.2 Å². The molecule has 126 valence electrons. The monoisotopic (exact) mass is 324 g/mol. The molecule has 1 amide bonds. The molecule has 1 heterocycles. The highest BCUT2D eigenvalue weighted by Crippen LogP contribution is 2.24. The zero-order valence-electron chi connectivity index (χ0n) is 14.0. The van der Waals surface area contributed by atoms with E-state index in [-0.39, 0.29) is 11.9 Å². The number of benzene rings is 2. The maximum absolute atomic E-state index is 12.6. The summed E-state index contributed by atoms with van der Waals surface area (Å²) in [6.07, 6.45) is 1.97. The van der Waals surface area contributed by atoms with Crippen LogP contribution in [0.15, 0.2) is 54.6 Å². The van der Waals surface area contributed by atoms with E-state index in [1.54, 1.807) is 0 Å². The summed E-state index contributed by atoms with van der Waals surface area (Å²) in [7, 11) is 0. The molecule has 1 aliphatic rings. The van der Waals surface area contributed by atoms with E-state index in [4.69, 9.17) is 10.5 Å². The van der Waals surface area contributed by atoms with Crippen molar-refractivity contribution in [2.24, 2.45) is 11.7 Å². The van der Waals surface area contributed by atoms with Crippen LogP contribution in [0.2, 0.25) is 0 Å². The standard InChI is InChI=1S/C20H24N2O2/c1-15(21)16-11-13-22(14-12-16)20(23)17-7-9-19(10-8-17)24-18-5-3-2-4-6-18/h2-10,15-16H,11-14,21H2,1H3. The molecule has 0 saturated carbocycles. The van der Waals surface area contributed by atoms with Crippen LogP contribution in [0.5, 0.6) is 11.5 Å². The number of rotatable bonds is 4. The van der Waals surface area contributed by atoms with Gasteiger partial charge in [-0.15, -0.1) is 0 Å². The van der Waals surface area contributed by atoms with Gasteiger partial charge in [0.05, 0.1) is 0 Å². The average Bonchev–Trinajstić information content (AvgIpc) is 2.63. The summed E-state index contributed by atoms with van der Waals surface area (Å²) in [5, 5.41) is 0. The maximum Gasteiger partial charge on any atom is 0.253 e. The van der Waals surface area contributed by atoms with Gasteiger partial charge in [-0.05, 0) is 62.1 Å². The third-order valence-corrected chi connectivity index (χ3v) is 4.65. The highest BCUT2D eigenvalue weighted by atomic mass is 16.5. The summed E-state index contributed by atoms with van der Waals surface area (Å²) in [6.45, 7) is 3.62. The number of hydrogen-bond acceptors (Lipinski definition) is 3. The molecule has 0 aliphatic carbocycles. The Bertz CT molecular complexity index is 660. The second kappa shape index (κ2) is 7.49. The SMILES string of the molecule is CC(N)C1CCN(C(=O)c2ccc(Oc3ccccc3)cc2)CC1. The summed E-state index contributed by atoms with van der Waals surface area (Å²) >= 11 is 0. The van der Waals surface area contributed by atoms with Crippen molar-refractivity contribution < 1.29 is 9.53 Å². The van der Waals surface area contributed by atoms with Gasteiger partial charge in [0.25, 0.3) is 5.91 Å². The maximum atomic E-state index is 12.6. The van der Waals surface area contributed by atoms with Crippen LogP contribution in [0.1, 0.15) is 30.1 Å². The van der Waals surface area contributed by atoms with Crippen LogP contribution < -0.4 is 10.5 Å².